The number of amides is 1. The zero-order valence-electron chi connectivity index (χ0n) is 16.7. The Hall–Kier alpha value is -3.98. The fourth-order valence-corrected chi connectivity index (χ4v) is 3.15. The molecular weight excluding hydrogens is 416 g/mol. The lowest BCUT2D eigenvalue weighted by atomic mass is 10.2. The number of nitrogens with one attached hydrogen (secondary N) is 2. The number of fused-ring (bicyclic) bond motifs is 1. The van der Waals surface area contributed by atoms with Crippen LogP contribution in [0.5, 0.6) is 11.5 Å². The zero-order valence-corrected chi connectivity index (χ0v) is 17.5. The van der Waals surface area contributed by atoms with Gasteiger partial charge >= 0.3 is 0 Å². The first kappa shape index (κ1) is 20.3. The predicted molar refractivity (Wildman–Crippen MR) is 120 cm³/mol. The number of ether oxygens (including phenoxy) is 2. The molecule has 4 aromatic rings. The van der Waals surface area contributed by atoms with Crippen molar-refractivity contribution in [2.24, 2.45) is 0 Å². The van der Waals surface area contributed by atoms with E-state index in [1.165, 1.54) is 7.11 Å². The van der Waals surface area contributed by atoms with Crippen LogP contribution in [-0.4, -0.2) is 35.2 Å². The number of hydrogen-bond donors (Lipinski definition) is 2. The maximum Gasteiger partial charge on any atom is 0.261 e. The topological polar surface area (TPSA) is 98.5 Å². The van der Waals surface area contributed by atoms with Crippen LogP contribution >= 0.6 is 12.2 Å². The van der Waals surface area contributed by atoms with Crippen LogP contribution in [0, 0.1) is 0 Å². The first-order chi connectivity index (χ1) is 15.1. The van der Waals surface area contributed by atoms with Crippen LogP contribution in [-0.2, 0) is 0 Å². The molecule has 0 saturated carbocycles. The molecule has 1 amide bonds. The molecule has 156 valence electrons. The number of oxazole rings is 1. The molecule has 2 aromatic heterocycles. The van der Waals surface area contributed by atoms with E-state index in [1.54, 1.807) is 55.9 Å². The number of benzene rings is 2. The Labute approximate surface area is 183 Å². The standard InChI is InChI=1S/C22H18N4O4S/c1-28-15-4-5-16(19(12-15)29-2)20(27)26-22(31)24-14-3-6-18-17(11-14)25-21(30-18)13-7-9-23-10-8-13/h3-12H,1-2H3,(H2,24,26,27,31). The van der Waals surface area contributed by atoms with Gasteiger partial charge in [0.1, 0.15) is 17.0 Å². The van der Waals surface area contributed by atoms with Gasteiger partial charge in [0.05, 0.1) is 19.8 Å². The summed E-state index contributed by atoms with van der Waals surface area (Å²) in [5.74, 6) is 1.06. The van der Waals surface area contributed by atoms with Crippen molar-refractivity contribution in [3.8, 4) is 23.0 Å². The summed E-state index contributed by atoms with van der Waals surface area (Å²) in [4.78, 5) is 21.1. The van der Waals surface area contributed by atoms with Gasteiger partial charge in [-0.2, -0.15) is 0 Å². The van der Waals surface area contributed by atoms with E-state index in [0.717, 1.165) is 5.56 Å². The summed E-state index contributed by atoms with van der Waals surface area (Å²) >= 11 is 5.29. The Morgan fingerprint density at radius 2 is 1.84 bits per heavy atom. The van der Waals surface area contributed by atoms with Crippen molar-refractivity contribution in [3.05, 3.63) is 66.5 Å². The molecule has 9 heteroatoms. The van der Waals surface area contributed by atoms with Gasteiger partial charge in [-0.1, -0.05) is 0 Å². The number of pyridine rings is 1. The first-order valence-corrected chi connectivity index (χ1v) is 9.63. The lowest BCUT2D eigenvalue weighted by Crippen LogP contribution is -2.34. The summed E-state index contributed by atoms with van der Waals surface area (Å²) in [5, 5.41) is 5.77. The molecule has 2 heterocycles. The number of methoxy groups -OCH3 is 2. The molecule has 0 saturated heterocycles. The predicted octanol–water partition coefficient (Wildman–Crippen LogP) is 4.03. The number of aromatic nitrogens is 2. The minimum Gasteiger partial charge on any atom is -0.497 e. The van der Waals surface area contributed by atoms with Crippen LogP contribution in [0.25, 0.3) is 22.6 Å². The Bertz CT molecular complexity index is 1260. The lowest BCUT2D eigenvalue weighted by Gasteiger charge is -2.12. The van der Waals surface area contributed by atoms with Crippen LogP contribution < -0.4 is 20.1 Å². The molecule has 2 N–H and O–H groups in total. The highest BCUT2D eigenvalue weighted by atomic mass is 32.1. The number of hydrogen-bond acceptors (Lipinski definition) is 7. The number of carbonyl (C=O) groups is 1. The maximum atomic E-state index is 12.6. The third-order valence-electron chi connectivity index (χ3n) is 4.45. The van der Waals surface area contributed by atoms with Crippen LogP contribution in [0.2, 0.25) is 0 Å². The number of anilines is 1. The second-order valence-corrected chi connectivity index (χ2v) is 6.82. The van der Waals surface area contributed by atoms with Gasteiger partial charge in [-0.05, 0) is 54.7 Å². The molecule has 0 aliphatic heterocycles. The Balaban J connectivity index is 1.47. The molecule has 0 spiro atoms. The second kappa shape index (κ2) is 8.80. The van der Waals surface area contributed by atoms with Gasteiger partial charge in [0.15, 0.2) is 10.7 Å². The lowest BCUT2D eigenvalue weighted by molar-refractivity contribution is 0.0974. The normalized spacial score (nSPS) is 10.5. The number of thiocarbonyl (C=S) groups is 1. The van der Waals surface area contributed by atoms with Gasteiger partial charge < -0.3 is 19.2 Å². The van der Waals surface area contributed by atoms with Crippen LogP contribution in [0.1, 0.15) is 10.4 Å². The average molecular weight is 434 g/mol. The van der Waals surface area contributed by atoms with Crippen LogP contribution in [0.15, 0.2) is 65.3 Å². The van der Waals surface area contributed by atoms with Gasteiger partial charge in [-0.25, -0.2) is 4.98 Å². The Morgan fingerprint density at radius 1 is 1.03 bits per heavy atom. The number of nitrogens with zero attached hydrogens (tertiary/aromatic N) is 2. The molecule has 8 nitrogen and oxygen atoms in total. The zero-order chi connectivity index (χ0) is 21.8. The smallest absolute Gasteiger partial charge is 0.261 e. The van der Waals surface area contributed by atoms with Crippen LogP contribution in [0.3, 0.4) is 0 Å². The highest BCUT2D eigenvalue weighted by Crippen LogP contribution is 2.26. The SMILES string of the molecule is COc1ccc(C(=O)NC(=S)Nc2ccc3oc(-c4ccncc4)nc3c2)c(OC)c1. The third kappa shape index (κ3) is 4.46. The molecule has 0 unspecified atom stereocenters. The van der Waals surface area contributed by atoms with Crippen molar-refractivity contribution in [1.82, 2.24) is 15.3 Å². The van der Waals surface area contributed by atoms with Crippen molar-refractivity contribution in [2.75, 3.05) is 19.5 Å². The second-order valence-electron chi connectivity index (χ2n) is 6.41. The minimum atomic E-state index is -0.403. The summed E-state index contributed by atoms with van der Waals surface area (Å²) in [6.45, 7) is 0. The summed E-state index contributed by atoms with van der Waals surface area (Å²) < 4.78 is 16.2. The summed E-state index contributed by atoms with van der Waals surface area (Å²) in [6.07, 6.45) is 3.35. The summed E-state index contributed by atoms with van der Waals surface area (Å²) in [7, 11) is 3.02. The average Bonchev–Trinajstić information content (AvgIpc) is 3.22. The molecule has 0 bridgehead atoms. The van der Waals surface area contributed by atoms with Gasteiger partial charge in [-0.3, -0.25) is 15.1 Å². The minimum absolute atomic E-state index is 0.139. The van der Waals surface area contributed by atoms with E-state index < -0.39 is 5.91 Å². The van der Waals surface area contributed by atoms with E-state index in [4.69, 9.17) is 26.1 Å². The molecule has 0 aliphatic rings. The van der Waals surface area contributed by atoms with Gasteiger partial charge in [0.25, 0.3) is 5.91 Å². The Kier molecular flexibility index (Phi) is 5.76. The number of carbonyl (C=O) groups excluding carboxylic acids is 1. The summed E-state index contributed by atoms with van der Waals surface area (Å²) in [6, 6.07) is 13.9. The van der Waals surface area contributed by atoms with Gasteiger partial charge in [-0.15, -0.1) is 0 Å². The largest absolute Gasteiger partial charge is 0.497 e. The van der Waals surface area contributed by atoms with E-state index >= 15 is 0 Å². The third-order valence-corrected chi connectivity index (χ3v) is 4.66. The van der Waals surface area contributed by atoms with Crippen molar-refractivity contribution < 1.29 is 18.7 Å². The molecule has 2 aromatic carbocycles. The Morgan fingerprint density at radius 3 is 2.58 bits per heavy atom. The van der Waals surface area contributed by atoms with E-state index in [9.17, 15) is 4.79 Å². The van der Waals surface area contributed by atoms with Crippen molar-refractivity contribution >= 4 is 40.0 Å². The van der Waals surface area contributed by atoms with E-state index in [1.807, 2.05) is 12.1 Å². The molecule has 0 atom stereocenters. The molecule has 0 aliphatic carbocycles. The molecule has 0 radical (unpaired) electrons. The number of rotatable bonds is 5. The van der Waals surface area contributed by atoms with Gasteiger partial charge in [0.2, 0.25) is 5.89 Å². The molecular formula is C22H18N4O4S. The maximum absolute atomic E-state index is 12.6. The van der Waals surface area contributed by atoms with E-state index in [-0.39, 0.29) is 5.11 Å². The van der Waals surface area contributed by atoms with Gasteiger partial charge in [0, 0.05) is 29.7 Å². The summed E-state index contributed by atoms with van der Waals surface area (Å²) in [5.41, 5.74) is 3.12. The van der Waals surface area contributed by atoms with E-state index in [2.05, 4.69) is 20.6 Å². The quantitative estimate of drug-likeness (QED) is 0.454. The van der Waals surface area contributed by atoms with Crippen molar-refractivity contribution in [2.45, 2.75) is 0 Å². The van der Waals surface area contributed by atoms with Crippen LogP contribution in [0.4, 0.5) is 5.69 Å². The fourth-order valence-electron chi connectivity index (χ4n) is 2.94. The first-order valence-electron chi connectivity index (χ1n) is 9.22. The molecule has 0 fully saturated rings. The van der Waals surface area contributed by atoms with Crippen molar-refractivity contribution in [1.29, 1.82) is 0 Å². The molecule has 31 heavy (non-hydrogen) atoms. The van der Waals surface area contributed by atoms with E-state index in [0.29, 0.717) is 39.7 Å². The highest BCUT2D eigenvalue weighted by molar-refractivity contribution is 7.80. The van der Waals surface area contributed by atoms with Crippen molar-refractivity contribution in [3.63, 3.8) is 0 Å². The molecule has 4 rings (SSSR count). The fraction of sp³-hybridized carbons (Fsp3) is 0.0909. The highest BCUT2D eigenvalue weighted by Gasteiger charge is 2.15. The monoisotopic (exact) mass is 434 g/mol.